The van der Waals surface area contributed by atoms with Crippen molar-refractivity contribution in [1.29, 1.82) is 0 Å². The Labute approximate surface area is 126 Å². The summed E-state index contributed by atoms with van der Waals surface area (Å²) in [5.74, 6) is 0.458. The predicted octanol–water partition coefficient (Wildman–Crippen LogP) is 1.28. The van der Waals surface area contributed by atoms with Crippen molar-refractivity contribution in [3.05, 3.63) is 23.8 Å². The smallest absolute Gasteiger partial charge is 0.240 e. The van der Waals surface area contributed by atoms with Crippen molar-refractivity contribution in [2.45, 2.75) is 31.3 Å². The van der Waals surface area contributed by atoms with Gasteiger partial charge in [-0.2, -0.15) is 0 Å². The van der Waals surface area contributed by atoms with Gasteiger partial charge in [0.2, 0.25) is 10.0 Å². The van der Waals surface area contributed by atoms with Crippen LogP contribution in [0.3, 0.4) is 0 Å². The topological polar surface area (TPSA) is 84.9 Å². The Morgan fingerprint density at radius 2 is 2.05 bits per heavy atom. The van der Waals surface area contributed by atoms with Gasteiger partial charge in [0.15, 0.2) is 0 Å². The number of hydrogen-bond donors (Lipinski definition) is 2. The van der Waals surface area contributed by atoms with Gasteiger partial charge in [-0.05, 0) is 24.6 Å². The molecule has 21 heavy (non-hydrogen) atoms. The first-order valence-electron chi connectivity index (χ1n) is 6.90. The van der Waals surface area contributed by atoms with Crippen LogP contribution >= 0.6 is 0 Å². The first-order chi connectivity index (χ1) is 10.0. The van der Waals surface area contributed by atoms with E-state index in [-0.39, 0.29) is 18.0 Å². The minimum Gasteiger partial charge on any atom is -0.496 e. The highest BCUT2D eigenvalue weighted by Gasteiger charge is 2.15. The molecule has 0 amide bonds. The molecule has 120 valence electrons. The lowest BCUT2D eigenvalue weighted by molar-refractivity contribution is 0.136. The van der Waals surface area contributed by atoms with E-state index < -0.39 is 10.0 Å². The summed E-state index contributed by atoms with van der Waals surface area (Å²) in [6.07, 6.45) is 2.01. The van der Waals surface area contributed by atoms with Crippen LogP contribution in [0.2, 0.25) is 0 Å². The lowest BCUT2D eigenvalue weighted by Gasteiger charge is -2.10. The zero-order valence-electron chi connectivity index (χ0n) is 12.5. The number of aliphatic hydroxyl groups excluding tert-OH is 1. The maximum atomic E-state index is 12.1. The quantitative estimate of drug-likeness (QED) is 0.635. The van der Waals surface area contributed by atoms with Gasteiger partial charge in [-0.3, -0.25) is 0 Å². The normalized spacial score (nSPS) is 11.6. The molecule has 1 aromatic carbocycles. The lowest BCUT2D eigenvalue weighted by atomic mass is 10.2. The molecule has 0 saturated heterocycles. The minimum absolute atomic E-state index is 0.0981. The van der Waals surface area contributed by atoms with E-state index in [1.165, 1.54) is 25.3 Å². The molecular weight excluding hydrogens is 294 g/mol. The third-order valence-corrected chi connectivity index (χ3v) is 4.37. The summed E-state index contributed by atoms with van der Waals surface area (Å²) < 4.78 is 37.0. The number of methoxy groups -OCH3 is 1. The monoisotopic (exact) mass is 317 g/mol. The van der Waals surface area contributed by atoms with Crippen molar-refractivity contribution in [3.8, 4) is 5.75 Å². The number of benzene rings is 1. The summed E-state index contributed by atoms with van der Waals surface area (Å²) in [6.45, 7) is 2.96. The summed E-state index contributed by atoms with van der Waals surface area (Å²) in [5, 5.41) is 9.22. The average molecular weight is 317 g/mol. The zero-order valence-corrected chi connectivity index (χ0v) is 13.3. The molecule has 6 nitrogen and oxygen atoms in total. The molecule has 0 aliphatic heterocycles. The Morgan fingerprint density at radius 3 is 2.67 bits per heavy atom. The van der Waals surface area contributed by atoms with Gasteiger partial charge in [0.1, 0.15) is 5.75 Å². The van der Waals surface area contributed by atoms with Crippen molar-refractivity contribution < 1.29 is 23.0 Å². The van der Waals surface area contributed by atoms with E-state index in [1.807, 2.05) is 0 Å². The van der Waals surface area contributed by atoms with E-state index in [0.29, 0.717) is 24.5 Å². The molecule has 1 aromatic rings. The first-order valence-corrected chi connectivity index (χ1v) is 8.38. The zero-order chi connectivity index (χ0) is 15.7. The van der Waals surface area contributed by atoms with Crippen LogP contribution in [0.5, 0.6) is 5.75 Å². The van der Waals surface area contributed by atoms with E-state index in [0.717, 1.165) is 12.8 Å². The Morgan fingerprint density at radius 1 is 1.29 bits per heavy atom. The third-order valence-electron chi connectivity index (χ3n) is 2.91. The van der Waals surface area contributed by atoms with Gasteiger partial charge >= 0.3 is 0 Å². The SMILES string of the molecule is CCCCOCCNS(=O)(=O)c1ccc(OC)c(CO)c1. The molecule has 0 radical (unpaired) electrons. The van der Waals surface area contributed by atoms with Crippen LogP contribution in [0.4, 0.5) is 0 Å². The van der Waals surface area contributed by atoms with Crippen LogP contribution in [-0.4, -0.2) is 40.4 Å². The van der Waals surface area contributed by atoms with Gasteiger partial charge in [0, 0.05) is 18.7 Å². The number of sulfonamides is 1. The number of aliphatic hydroxyl groups is 1. The van der Waals surface area contributed by atoms with Gasteiger partial charge in [-0.15, -0.1) is 0 Å². The standard InChI is InChI=1S/C14H23NO5S/c1-3-4-8-20-9-7-15-21(17,18)13-5-6-14(19-2)12(10-13)11-16/h5-6,10,15-16H,3-4,7-9,11H2,1-2H3. The predicted molar refractivity (Wildman–Crippen MR) is 79.8 cm³/mol. The summed E-state index contributed by atoms with van der Waals surface area (Å²) in [4.78, 5) is 0.0981. The number of nitrogens with one attached hydrogen (secondary N) is 1. The average Bonchev–Trinajstić information content (AvgIpc) is 2.49. The molecule has 0 spiro atoms. The summed E-state index contributed by atoms with van der Waals surface area (Å²) in [7, 11) is -2.14. The van der Waals surface area contributed by atoms with Crippen LogP contribution in [0.1, 0.15) is 25.3 Å². The van der Waals surface area contributed by atoms with E-state index in [9.17, 15) is 13.5 Å². The summed E-state index contributed by atoms with van der Waals surface area (Å²) >= 11 is 0. The Hall–Kier alpha value is -1.15. The highest BCUT2D eigenvalue weighted by molar-refractivity contribution is 7.89. The largest absolute Gasteiger partial charge is 0.496 e. The molecular formula is C14H23NO5S. The van der Waals surface area contributed by atoms with Crippen LogP contribution in [-0.2, 0) is 21.4 Å². The van der Waals surface area contributed by atoms with Crippen molar-refractivity contribution >= 4 is 10.0 Å². The van der Waals surface area contributed by atoms with Gasteiger partial charge in [0.05, 0.1) is 25.2 Å². The molecule has 1 rings (SSSR count). The van der Waals surface area contributed by atoms with Crippen molar-refractivity contribution in [1.82, 2.24) is 4.72 Å². The molecule has 0 aliphatic carbocycles. The maximum absolute atomic E-state index is 12.1. The van der Waals surface area contributed by atoms with E-state index >= 15 is 0 Å². The fourth-order valence-electron chi connectivity index (χ4n) is 1.73. The second-order valence-corrected chi connectivity index (χ2v) is 6.26. The molecule has 2 N–H and O–H groups in total. The number of ether oxygens (including phenoxy) is 2. The van der Waals surface area contributed by atoms with Crippen LogP contribution in [0, 0.1) is 0 Å². The molecule has 7 heteroatoms. The first kappa shape index (κ1) is 17.9. The third kappa shape index (κ3) is 5.62. The maximum Gasteiger partial charge on any atom is 0.240 e. The van der Waals surface area contributed by atoms with Gasteiger partial charge in [0.25, 0.3) is 0 Å². The molecule has 0 heterocycles. The summed E-state index contributed by atoms with van der Waals surface area (Å²) in [5.41, 5.74) is 0.430. The lowest BCUT2D eigenvalue weighted by Crippen LogP contribution is -2.27. The van der Waals surface area contributed by atoms with Crippen molar-refractivity contribution in [3.63, 3.8) is 0 Å². The van der Waals surface area contributed by atoms with E-state index in [4.69, 9.17) is 9.47 Å². The molecule has 0 atom stereocenters. The molecule has 0 unspecified atom stereocenters. The molecule has 0 fully saturated rings. The Bertz CT molecular complexity index is 530. The van der Waals surface area contributed by atoms with E-state index in [1.54, 1.807) is 0 Å². The van der Waals surface area contributed by atoms with E-state index in [2.05, 4.69) is 11.6 Å². The second kappa shape index (κ2) is 8.99. The number of unbranched alkanes of at least 4 members (excludes halogenated alkanes) is 1. The fourth-order valence-corrected chi connectivity index (χ4v) is 2.79. The highest BCUT2D eigenvalue weighted by Crippen LogP contribution is 2.22. The van der Waals surface area contributed by atoms with Gasteiger partial charge in [-0.1, -0.05) is 13.3 Å². The van der Waals surface area contributed by atoms with Crippen molar-refractivity contribution in [2.75, 3.05) is 26.9 Å². The summed E-state index contributed by atoms with van der Waals surface area (Å²) in [6, 6.07) is 4.37. The Balaban J connectivity index is 2.62. The Kier molecular flexibility index (Phi) is 7.66. The van der Waals surface area contributed by atoms with Gasteiger partial charge < -0.3 is 14.6 Å². The molecule has 0 aliphatic rings. The highest BCUT2D eigenvalue weighted by atomic mass is 32.2. The minimum atomic E-state index is -3.61. The molecule has 0 saturated carbocycles. The molecule has 0 aromatic heterocycles. The van der Waals surface area contributed by atoms with Crippen LogP contribution < -0.4 is 9.46 Å². The fraction of sp³-hybridized carbons (Fsp3) is 0.571. The second-order valence-electron chi connectivity index (χ2n) is 4.50. The van der Waals surface area contributed by atoms with Gasteiger partial charge in [-0.25, -0.2) is 13.1 Å². The number of hydrogen-bond acceptors (Lipinski definition) is 5. The van der Waals surface area contributed by atoms with Crippen LogP contribution in [0.25, 0.3) is 0 Å². The number of rotatable bonds is 10. The van der Waals surface area contributed by atoms with Crippen molar-refractivity contribution in [2.24, 2.45) is 0 Å². The molecule has 0 bridgehead atoms. The van der Waals surface area contributed by atoms with Crippen LogP contribution in [0.15, 0.2) is 23.1 Å².